The van der Waals surface area contributed by atoms with Crippen molar-refractivity contribution in [1.29, 1.82) is 10.5 Å². The molecule has 0 aliphatic heterocycles. The van der Waals surface area contributed by atoms with E-state index < -0.39 is 23.1 Å². The van der Waals surface area contributed by atoms with Gasteiger partial charge in [-0.1, -0.05) is 15.9 Å². The molecule has 0 atom stereocenters. The fourth-order valence-corrected chi connectivity index (χ4v) is 3.14. The largest absolute Gasteiger partial charge is 0.398 e. The van der Waals surface area contributed by atoms with Crippen molar-refractivity contribution in [3.8, 4) is 12.1 Å². The molecule has 0 saturated carbocycles. The highest BCUT2D eigenvalue weighted by atomic mass is 79.9. The minimum absolute atomic E-state index is 0.0686. The number of benzene rings is 1. The average Bonchev–Trinajstić information content (AvgIpc) is 2.32. The summed E-state index contributed by atoms with van der Waals surface area (Å²) in [6.45, 7) is -0.802. The highest BCUT2D eigenvalue weighted by molar-refractivity contribution is 9.10. The van der Waals surface area contributed by atoms with Gasteiger partial charge in [-0.15, -0.1) is 0 Å². The van der Waals surface area contributed by atoms with E-state index in [1.54, 1.807) is 18.2 Å². The molecule has 18 heavy (non-hydrogen) atoms. The first-order chi connectivity index (χ1) is 8.43. The smallest absolute Gasteiger partial charge is 0.247 e. The Morgan fingerprint density at radius 3 is 2.33 bits per heavy atom. The van der Waals surface area contributed by atoms with Gasteiger partial charge in [0.1, 0.15) is 18.0 Å². The summed E-state index contributed by atoms with van der Waals surface area (Å²) in [4.78, 5) is -0.123. The average molecular weight is 329 g/mol. The van der Waals surface area contributed by atoms with E-state index in [0.29, 0.717) is 4.47 Å². The van der Waals surface area contributed by atoms with Crippen molar-refractivity contribution in [1.82, 2.24) is 4.31 Å². The molecule has 1 aromatic carbocycles. The molecule has 0 aliphatic rings. The summed E-state index contributed by atoms with van der Waals surface area (Å²) in [5.74, 6) is 0. The zero-order chi connectivity index (χ0) is 13.8. The molecule has 0 saturated heterocycles. The molecule has 2 N–H and O–H groups in total. The number of hydrogen-bond acceptors (Lipinski definition) is 5. The van der Waals surface area contributed by atoms with Crippen molar-refractivity contribution in [2.45, 2.75) is 4.90 Å². The first kappa shape index (κ1) is 14.5. The molecular weight excluding hydrogens is 320 g/mol. The first-order valence-corrected chi connectivity index (χ1v) is 6.96. The zero-order valence-electron chi connectivity index (χ0n) is 9.17. The summed E-state index contributed by atoms with van der Waals surface area (Å²) in [5.41, 5.74) is 5.68. The van der Waals surface area contributed by atoms with E-state index in [1.807, 2.05) is 0 Å². The zero-order valence-corrected chi connectivity index (χ0v) is 11.6. The van der Waals surface area contributed by atoms with Crippen molar-refractivity contribution >= 4 is 31.6 Å². The third kappa shape index (κ3) is 2.99. The molecule has 0 spiro atoms. The van der Waals surface area contributed by atoms with Gasteiger partial charge in [0.05, 0.1) is 17.8 Å². The van der Waals surface area contributed by atoms with Crippen molar-refractivity contribution in [2.75, 3.05) is 18.8 Å². The summed E-state index contributed by atoms with van der Waals surface area (Å²) in [7, 11) is -3.95. The van der Waals surface area contributed by atoms with Gasteiger partial charge in [-0.25, -0.2) is 8.42 Å². The fourth-order valence-electron chi connectivity index (χ4n) is 1.25. The van der Waals surface area contributed by atoms with Gasteiger partial charge in [0.25, 0.3) is 0 Å². The Kier molecular flexibility index (Phi) is 4.68. The molecule has 1 rings (SSSR count). The lowest BCUT2D eigenvalue weighted by molar-refractivity contribution is 0.480. The van der Waals surface area contributed by atoms with E-state index in [1.165, 1.54) is 12.1 Å². The van der Waals surface area contributed by atoms with E-state index in [2.05, 4.69) is 15.9 Å². The van der Waals surface area contributed by atoms with Crippen LogP contribution in [-0.2, 0) is 10.0 Å². The third-order valence-electron chi connectivity index (χ3n) is 2.09. The molecule has 0 aromatic heterocycles. The minimum Gasteiger partial charge on any atom is -0.398 e. The monoisotopic (exact) mass is 328 g/mol. The van der Waals surface area contributed by atoms with Crippen LogP contribution >= 0.6 is 15.9 Å². The standard InChI is InChI=1S/C10H9BrN4O2S/c11-8-1-2-9(14)10(7-8)18(16,17)15(5-3-12)6-4-13/h1-2,7H,5-6,14H2. The highest BCUT2D eigenvalue weighted by Gasteiger charge is 2.26. The number of nitrogens with two attached hydrogens (primary N) is 1. The first-order valence-electron chi connectivity index (χ1n) is 4.72. The number of halogens is 1. The molecule has 0 amide bonds. The SMILES string of the molecule is N#CCN(CC#N)S(=O)(=O)c1cc(Br)ccc1N. The van der Waals surface area contributed by atoms with Crippen molar-refractivity contribution < 1.29 is 8.42 Å². The Balaban J connectivity index is 3.32. The van der Waals surface area contributed by atoms with Gasteiger partial charge in [0, 0.05) is 4.47 Å². The number of nitrogen functional groups attached to an aromatic ring is 1. The molecule has 0 unspecified atom stereocenters. The second-order valence-electron chi connectivity index (χ2n) is 3.27. The maximum atomic E-state index is 12.2. The highest BCUT2D eigenvalue weighted by Crippen LogP contribution is 2.25. The van der Waals surface area contributed by atoms with Crippen LogP contribution in [-0.4, -0.2) is 25.8 Å². The normalized spacial score (nSPS) is 10.9. The second kappa shape index (κ2) is 5.83. The molecule has 0 aliphatic carbocycles. The molecule has 0 bridgehead atoms. The predicted octanol–water partition coefficient (Wildman–Crippen LogP) is 1.07. The van der Waals surface area contributed by atoms with E-state index >= 15 is 0 Å². The Labute approximate surface area is 113 Å². The van der Waals surface area contributed by atoms with E-state index in [0.717, 1.165) is 4.31 Å². The van der Waals surface area contributed by atoms with Crippen LogP contribution < -0.4 is 5.73 Å². The van der Waals surface area contributed by atoms with E-state index in [4.69, 9.17) is 16.3 Å². The maximum absolute atomic E-state index is 12.2. The van der Waals surface area contributed by atoms with Gasteiger partial charge in [0.15, 0.2) is 0 Å². The van der Waals surface area contributed by atoms with Crippen LogP contribution in [0.2, 0.25) is 0 Å². The number of nitriles is 2. The maximum Gasteiger partial charge on any atom is 0.247 e. The van der Waals surface area contributed by atoms with Gasteiger partial charge < -0.3 is 5.73 Å². The van der Waals surface area contributed by atoms with E-state index in [-0.39, 0.29) is 10.6 Å². The lowest BCUT2D eigenvalue weighted by Gasteiger charge is -2.17. The molecule has 0 radical (unpaired) electrons. The molecule has 6 nitrogen and oxygen atoms in total. The Hall–Kier alpha value is -1.61. The molecular formula is C10H9BrN4O2S. The van der Waals surface area contributed by atoms with Gasteiger partial charge in [0.2, 0.25) is 10.0 Å². The topological polar surface area (TPSA) is 111 Å². The fraction of sp³-hybridized carbons (Fsp3) is 0.200. The van der Waals surface area contributed by atoms with Gasteiger partial charge in [-0.3, -0.25) is 0 Å². The molecule has 1 aromatic rings. The van der Waals surface area contributed by atoms with E-state index in [9.17, 15) is 8.42 Å². The summed E-state index contributed by atoms with van der Waals surface area (Å²) in [6.07, 6.45) is 0. The summed E-state index contributed by atoms with van der Waals surface area (Å²) >= 11 is 3.15. The van der Waals surface area contributed by atoms with Crippen LogP contribution in [0.25, 0.3) is 0 Å². The quantitative estimate of drug-likeness (QED) is 0.656. The van der Waals surface area contributed by atoms with Gasteiger partial charge >= 0.3 is 0 Å². The molecule has 0 heterocycles. The summed E-state index contributed by atoms with van der Waals surface area (Å²) < 4.78 is 25.7. The summed E-state index contributed by atoms with van der Waals surface area (Å²) in [5, 5.41) is 17.2. The number of nitrogens with zero attached hydrogens (tertiary/aromatic N) is 3. The summed E-state index contributed by atoms with van der Waals surface area (Å²) in [6, 6.07) is 7.79. The van der Waals surface area contributed by atoms with Crippen molar-refractivity contribution in [3.05, 3.63) is 22.7 Å². The molecule has 8 heteroatoms. The third-order valence-corrected chi connectivity index (χ3v) is 4.43. The molecule has 0 fully saturated rings. The predicted molar refractivity (Wildman–Crippen MR) is 68.5 cm³/mol. The van der Waals surface area contributed by atoms with Crippen LogP contribution in [0.15, 0.2) is 27.6 Å². The Bertz CT molecular complexity index is 614. The second-order valence-corrected chi connectivity index (χ2v) is 6.09. The van der Waals surface area contributed by atoms with Crippen LogP contribution in [0.3, 0.4) is 0 Å². The Morgan fingerprint density at radius 2 is 1.83 bits per heavy atom. The number of hydrogen-bond donors (Lipinski definition) is 1. The number of sulfonamides is 1. The van der Waals surface area contributed by atoms with Crippen molar-refractivity contribution in [2.24, 2.45) is 0 Å². The lowest BCUT2D eigenvalue weighted by atomic mass is 10.3. The lowest BCUT2D eigenvalue weighted by Crippen LogP contribution is -2.32. The Morgan fingerprint density at radius 1 is 1.28 bits per heavy atom. The number of rotatable bonds is 4. The van der Waals surface area contributed by atoms with Crippen LogP contribution in [0.5, 0.6) is 0 Å². The minimum atomic E-state index is -3.95. The van der Waals surface area contributed by atoms with Crippen LogP contribution in [0, 0.1) is 22.7 Å². The van der Waals surface area contributed by atoms with Crippen LogP contribution in [0.4, 0.5) is 5.69 Å². The number of anilines is 1. The van der Waals surface area contributed by atoms with Gasteiger partial charge in [-0.05, 0) is 18.2 Å². The van der Waals surface area contributed by atoms with Crippen molar-refractivity contribution in [3.63, 3.8) is 0 Å². The van der Waals surface area contributed by atoms with Crippen LogP contribution in [0.1, 0.15) is 0 Å². The molecule has 94 valence electrons. The van der Waals surface area contributed by atoms with Gasteiger partial charge in [-0.2, -0.15) is 14.8 Å².